The van der Waals surface area contributed by atoms with Crippen molar-refractivity contribution in [2.45, 2.75) is 19.1 Å². The van der Waals surface area contributed by atoms with E-state index in [1.165, 1.54) is 11.3 Å². The molecule has 0 spiro atoms. The molecule has 1 fully saturated rings. The molecule has 1 aromatic carbocycles. The maximum absolute atomic E-state index is 12.7. The Hall–Kier alpha value is -2.51. The molecule has 2 bridgehead atoms. The summed E-state index contributed by atoms with van der Waals surface area (Å²) in [4.78, 5) is 29.6. The second kappa shape index (κ2) is 6.09. The molecule has 1 saturated heterocycles. The molecule has 4 rings (SSSR count). The number of nitrogens with one attached hydrogen (secondary N) is 1. The Balaban J connectivity index is 1.56. The zero-order valence-electron chi connectivity index (χ0n) is 13.4. The molecule has 2 N–H and O–H groups in total. The van der Waals surface area contributed by atoms with Gasteiger partial charge in [0.2, 0.25) is 5.91 Å². The van der Waals surface area contributed by atoms with Crippen molar-refractivity contribution in [3.8, 4) is 11.3 Å². The molecule has 7 heteroatoms. The number of carbonyl (C=O) groups is 2. The minimum absolute atomic E-state index is 0.363. The van der Waals surface area contributed by atoms with E-state index in [1.54, 1.807) is 12.2 Å². The highest BCUT2D eigenvalue weighted by Gasteiger charge is 2.53. The lowest BCUT2D eigenvalue weighted by Crippen LogP contribution is -2.39. The second-order valence-corrected chi connectivity index (χ2v) is 7.32. The molecule has 1 aromatic heterocycles. The van der Waals surface area contributed by atoms with Crippen molar-refractivity contribution in [1.29, 1.82) is 0 Å². The Kier molecular flexibility index (Phi) is 3.89. The number of ether oxygens (including phenoxy) is 1. The molecule has 0 unspecified atom stereocenters. The lowest BCUT2D eigenvalue weighted by Gasteiger charge is -2.20. The van der Waals surface area contributed by atoms with Crippen LogP contribution in [0.5, 0.6) is 0 Å². The van der Waals surface area contributed by atoms with Crippen LogP contribution in [-0.2, 0) is 14.3 Å². The molecule has 2 aromatic rings. The monoisotopic (exact) mass is 356 g/mol. The Morgan fingerprint density at radius 3 is 2.52 bits per heavy atom. The average molecular weight is 356 g/mol. The predicted molar refractivity (Wildman–Crippen MR) is 93.3 cm³/mol. The van der Waals surface area contributed by atoms with E-state index in [0.29, 0.717) is 5.13 Å². The molecule has 2 aliphatic heterocycles. The quantitative estimate of drug-likeness (QED) is 0.823. The van der Waals surface area contributed by atoms with Gasteiger partial charge < -0.3 is 15.2 Å². The van der Waals surface area contributed by atoms with Crippen molar-refractivity contribution in [3.05, 3.63) is 47.4 Å². The number of hydrogen-bond donors (Lipinski definition) is 2. The predicted octanol–water partition coefficient (Wildman–Crippen LogP) is 2.71. The highest BCUT2D eigenvalue weighted by atomic mass is 32.1. The van der Waals surface area contributed by atoms with Gasteiger partial charge in [-0.15, -0.1) is 11.3 Å². The van der Waals surface area contributed by atoms with Gasteiger partial charge in [0.25, 0.3) is 0 Å². The third-order valence-electron chi connectivity index (χ3n) is 4.56. The molecule has 6 nitrogen and oxygen atoms in total. The van der Waals surface area contributed by atoms with Crippen molar-refractivity contribution < 1.29 is 19.4 Å². The number of nitrogens with zero attached hydrogens (tertiary/aromatic N) is 1. The first-order chi connectivity index (χ1) is 12.0. The number of carboxylic acid groups (broad SMARTS) is 1. The second-order valence-electron chi connectivity index (χ2n) is 6.12. The summed E-state index contributed by atoms with van der Waals surface area (Å²) < 4.78 is 5.55. The number of amides is 1. The number of hydrogen-bond acceptors (Lipinski definition) is 5. The van der Waals surface area contributed by atoms with Crippen LogP contribution in [0.15, 0.2) is 42.5 Å². The molecule has 0 saturated carbocycles. The zero-order valence-corrected chi connectivity index (χ0v) is 14.2. The number of aliphatic carboxylic acids is 1. The molecular weight excluding hydrogens is 340 g/mol. The van der Waals surface area contributed by atoms with Crippen LogP contribution in [0, 0.1) is 18.8 Å². The number of carbonyl (C=O) groups excluding carboxylic acids is 1. The maximum Gasteiger partial charge on any atom is 0.310 e. The Morgan fingerprint density at radius 1 is 1.16 bits per heavy atom. The van der Waals surface area contributed by atoms with Crippen molar-refractivity contribution in [2.75, 3.05) is 5.32 Å². The van der Waals surface area contributed by atoms with Gasteiger partial charge >= 0.3 is 5.97 Å². The molecular formula is C18H16N2O4S. The topological polar surface area (TPSA) is 88.5 Å². The van der Waals surface area contributed by atoms with Crippen LogP contribution in [0.25, 0.3) is 11.3 Å². The summed E-state index contributed by atoms with van der Waals surface area (Å²) in [7, 11) is 0. The minimum atomic E-state index is -1.02. The van der Waals surface area contributed by atoms with Crippen molar-refractivity contribution in [1.82, 2.24) is 4.98 Å². The van der Waals surface area contributed by atoms with Gasteiger partial charge in [0, 0.05) is 10.4 Å². The smallest absolute Gasteiger partial charge is 0.310 e. The van der Waals surface area contributed by atoms with E-state index in [9.17, 15) is 14.7 Å². The van der Waals surface area contributed by atoms with Gasteiger partial charge in [0.15, 0.2) is 5.13 Å². The van der Waals surface area contributed by atoms with Crippen molar-refractivity contribution in [3.63, 3.8) is 0 Å². The number of aryl methyl sites for hydroxylation is 1. The minimum Gasteiger partial charge on any atom is -0.481 e. The number of benzene rings is 1. The lowest BCUT2D eigenvalue weighted by molar-refractivity contribution is -0.145. The van der Waals surface area contributed by atoms with E-state index in [1.807, 2.05) is 37.3 Å². The molecule has 0 aliphatic carbocycles. The highest BCUT2D eigenvalue weighted by Crippen LogP contribution is 2.40. The van der Waals surface area contributed by atoms with Gasteiger partial charge in [-0.1, -0.05) is 42.5 Å². The van der Waals surface area contributed by atoms with Crippen LogP contribution in [0.1, 0.15) is 4.88 Å². The van der Waals surface area contributed by atoms with Crippen LogP contribution in [-0.4, -0.2) is 34.2 Å². The number of anilines is 1. The van der Waals surface area contributed by atoms with Crippen LogP contribution >= 0.6 is 11.3 Å². The third kappa shape index (κ3) is 2.75. The van der Waals surface area contributed by atoms with E-state index >= 15 is 0 Å². The summed E-state index contributed by atoms with van der Waals surface area (Å²) in [6, 6.07) is 9.72. The highest BCUT2D eigenvalue weighted by molar-refractivity contribution is 7.16. The summed E-state index contributed by atoms with van der Waals surface area (Å²) in [5.74, 6) is -2.98. The van der Waals surface area contributed by atoms with Gasteiger partial charge in [0.1, 0.15) is 5.92 Å². The fourth-order valence-corrected chi connectivity index (χ4v) is 4.26. The first-order valence-corrected chi connectivity index (χ1v) is 8.76. The first-order valence-electron chi connectivity index (χ1n) is 7.95. The zero-order chi connectivity index (χ0) is 17.6. The number of thiazole rings is 1. The summed E-state index contributed by atoms with van der Waals surface area (Å²) in [5.41, 5.74) is 1.80. The van der Waals surface area contributed by atoms with Crippen LogP contribution in [0.3, 0.4) is 0 Å². The molecule has 2 aliphatic rings. The molecule has 4 atom stereocenters. The third-order valence-corrected chi connectivity index (χ3v) is 5.45. The summed E-state index contributed by atoms with van der Waals surface area (Å²) in [5, 5.41) is 12.7. The Labute approximate surface area is 148 Å². The van der Waals surface area contributed by atoms with Crippen LogP contribution in [0.2, 0.25) is 0 Å². The number of aromatic nitrogens is 1. The standard InChI is InChI=1S/C18H16N2O4S/c1-9-15(10-5-3-2-4-6-10)19-18(25-9)20-16(21)13-11-7-8-12(24-11)14(13)17(22)23/h2-8,11-14H,1H3,(H,22,23)(H,19,20,21)/t11-,12+,13+,14-/m0/s1. The number of carboxylic acids is 1. The normalized spacial score (nSPS) is 26.8. The lowest BCUT2D eigenvalue weighted by atomic mass is 9.82. The maximum atomic E-state index is 12.7. The van der Waals surface area contributed by atoms with Gasteiger partial charge in [-0.05, 0) is 6.92 Å². The molecule has 1 amide bonds. The van der Waals surface area contributed by atoms with E-state index in [4.69, 9.17) is 4.74 Å². The number of fused-ring (bicyclic) bond motifs is 2. The van der Waals surface area contributed by atoms with Crippen LogP contribution in [0.4, 0.5) is 5.13 Å². The van der Waals surface area contributed by atoms with Crippen molar-refractivity contribution >= 4 is 28.3 Å². The van der Waals surface area contributed by atoms with Gasteiger partial charge in [-0.3, -0.25) is 9.59 Å². The fraction of sp³-hybridized carbons (Fsp3) is 0.278. The van der Waals surface area contributed by atoms with E-state index in [2.05, 4.69) is 10.3 Å². The van der Waals surface area contributed by atoms with E-state index in [-0.39, 0.29) is 5.91 Å². The van der Waals surface area contributed by atoms with Crippen molar-refractivity contribution in [2.24, 2.45) is 11.8 Å². The molecule has 128 valence electrons. The van der Waals surface area contributed by atoms with E-state index < -0.39 is 30.0 Å². The summed E-state index contributed by atoms with van der Waals surface area (Å²) in [6.45, 7) is 1.94. The van der Waals surface area contributed by atoms with E-state index in [0.717, 1.165) is 16.1 Å². The van der Waals surface area contributed by atoms with Gasteiger partial charge in [0.05, 0.1) is 23.8 Å². The Morgan fingerprint density at radius 2 is 1.84 bits per heavy atom. The Bertz CT molecular complexity index is 861. The van der Waals surface area contributed by atoms with Gasteiger partial charge in [-0.25, -0.2) is 4.98 Å². The molecule has 0 radical (unpaired) electrons. The van der Waals surface area contributed by atoms with Gasteiger partial charge in [-0.2, -0.15) is 0 Å². The first kappa shape index (κ1) is 16.0. The average Bonchev–Trinajstić information content (AvgIpc) is 3.29. The summed E-state index contributed by atoms with van der Waals surface area (Å²) >= 11 is 1.38. The fourth-order valence-electron chi connectivity index (χ4n) is 3.42. The van der Waals surface area contributed by atoms with Crippen LogP contribution < -0.4 is 5.32 Å². The number of rotatable bonds is 4. The largest absolute Gasteiger partial charge is 0.481 e. The SMILES string of the molecule is Cc1sc(NC(=O)[C@H]2[C@@H](C(=O)O)[C@H]3C=C[C@@H]2O3)nc1-c1ccccc1. The summed E-state index contributed by atoms with van der Waals surface area (Å²) in [6.07, 6.45) is 2.46. The molecule has 3 heterocycles. The molecule has 25 heavy (non-hydrogen) atoms.